The molecule has 2 atom stereocenters. The van der Waals surface area contributed by atoms with Gasteiger partial charge in [0.1, 0.15) is 0 Å². The molecule has 1 fully saturated rings. The topological polar surface area (TPSA) is 18.5 Å². The Kier molecular flexibility index (Phi) is 4.68. The predicted molar refractivity (Wildman–Crippen MR) is 60.9 cm³/mol. The van der Waals surface area contributed by atoms with E-state index in [0.29, 0.717) is 12.2 Å². The lowest BCUT2D eigenvalue weighted by Crippen LogP contribution is -2.20. The zero-order valence-corrected chi connectivity index (χ0v) is 9.49. The molecule has 0 aromatic heterocycles. The van der Waals surface area contributed by atoms with Gasteiger partial charge in [-0.05, 0) is 32.1 Å². The van der Waals surface area contributed by atoms with E-state index in [-0.39, 0.29) is 0 Å². The Balaban J connectivity index is 1.69. The van der Waals surface area contributed by atoms with Gasteiger partial charge in [-0.25, -0.2) is 0 Å². The molecule has 15 heavy (non-hydrogen) atoms. The zero-order valence-electron chi connectivity index (χ0n) is 9.49. The van der Waals surface area contributed by atoms with Crippen LogP contribution in [0.1, 0.15) is 44.9 Å². The average Bonchev–Trinajstić information content (AvgIpc) is 2.68. The fraction of sp³-hybridized carbons (Fsp3) is 0.846. The van der Waals surface area contributed by atoms with Crippen LogP contribution in [0.5, 0.6) is 0 Å². The molecule has 2 aliphatic rings. The molecule has 0 N–H and O–H groups in total. The second-order valence-corrected chi connectivity index (χ2v) is 4.57. The summed E-state index contributed by atoms with van der Waals surface area (Å²) < 4.78 is 11.4. The van der Waals surface area contributed by atoms with Gasteiger partial charge < -0.3 is 9.47 Å². The van der Waals surface area contributed by atoms with E-state index in [1.807, 2.05) is 0 Å². The maximum absolute atomic E-state index is 5.89. The Morgan fingerprint density at radius 1 is 1.13 bits per heavy atom. The highest BCUT2D eigenvalue weighted by Crippen LogP contribution is 2.17. The molecular formula is C13H22O2. The second kappa shape index (κ2) is 6.29. The molecule has 0 aromatic rings. The van der Waals surface area contributed by atoms with Crippen molar-refractivity contribution >= 4 is 0 Å². The molecule has 0 aromatic carbocycles. The second-order valence-electron chi connectivity index (χ2n) is 4.57. The molecule has 0 amide bonds. The smallest absolute Gasteiger partial charge is 0.0809 e. The van der Waals surface area contributed by atoms with E-state index in [1.165, 1.54) is 44.9 Å². The Morgan fingerprint density at radius 2 is 2.13 bits per heavy atom. The van der Waals surface area contributed by atoms with E-state index in [9.17, 15) is 0 Å². The summed E-state index contributed by atoms with van der Waals surface area (Å²) in [6, 6.07) is 0. The largest absolute Gasteiger partial charge is 0.376 e. The van der Waals surface area contributed by atoms with E-state index >= 15 is 0 Å². The zero-order chi connectivity index (χ0) is 10.3. The monoisotopic (exact) mass is 210 g/mol. The first-order valence-electron chi connectivity index (χ1n) is 6.35. The van der Waals surface area contributed by atoms with Gasteiger partial charge in [0.15, 0.2) is 0 Å². The predicted octanol–water partition coefficient (Wildman–Crippen LogP) is 3.07. The molecule has 2 nitrogen and oxygen atoms in total. The first-order valence-corrected chi connectivity index (χ1v) is 6.35. The van der Waals surface area contributed by atoms with Crippen molar-refractivity contribution in [2.24, 2.45) is 0 Å². The van der Waals surface area contributed by atoms with Crippen LogP contribution in [0.4, 0.5) is 0 Å². The number of rotatable bonds is 3. The van der Waals surface area contributed by atoms with Crippen LogP contribution in [0, 0.1) is 0 Å². The lowest BCUT2D eigenvalue weighted by Gasteiger charge is -2.18. The van der Waals surface area contributed by atoms with Crippen LogP contribution in [0.25, 0.3) is 0 Å². The molecule has 0 spiro atoms. The standard InChI is InChI=1S/C13H22O2/c1-2-4-7-12(8-5-3-1)15-11-13-9-6-10-14-13/h4,7,12-13H,1-3,5-6,8-11H2/b7-4-. The first kappa shape index (κ1) is 11.2. The van der Waals surface area contributed by atoms with Gasteiger partial charge in [-0.2, -0.15) is 0 Å². The fourth-order valence-corrected chi connectivity index (χ4v) is 2.27. The van der Waals surface area contributed by atoms with Gasteiger partial charge in [-0.3, -0.25) is 0 Å². The van der Waals surface area contributed by atoms with Crippen molar-refractivity contribution in [3.63, 3.8) is 0 Å². The Hall–Kier alpha value is -0.340. The third-order valence-electron chi connectivity index (χ3n) is 3.23. The van der Waals surface area contributed by atoms with Crippen LogP contribution in [0.3, 0.4) is 0 Å². The lowest BCUT2D eigenvalue weighted by molar-refractivity contribution is -0.00767. The highest BCUT2D eigenvalue weighted by atomic mass is 16.5. The van der Waals surface area contributed by atoms with E-state index < -0.39 is 0 Å². The van der Waals surface area contributed by atoms with Crippen molar-refractivity contribution in [2.45, 2.75) is 57.2 Å². The molecule has 1 aliphatic heterocycles. The number of ether oxygens (including phenoxy) is 2. The minimum atomic E-state index is 0.342. The molecule has 0 saturated carbocycles. The van der Waals surface area contributed by atoms with Crippen molar-refractivity contribution in [1.29, 1.82) is 0 Å². The molecule has 1 heterocycles. The average molecular weight is 210 g/mol. The summed E-state index contributed by atoms with van der Waals surface area (Å²) in [7, 11) is 0. The van der Waals surface area contributed by atoms with Gasteiger partial charge in [0.05, 0.1) is 18.8 Å². The molecule has 86 valence electrons. The first-order chi connectivity index (χ1) is 7.45. The summed E-state index contributed by atoms with van der Waals surface area (Å²) in [5.41, 5.74) is 0. The molecule has 1 aliphatic carbocycles. The molecule has 1 saturated heterocycles. The molecule has 2 heteroatoms. The van der Waals surface area contributed by atoms with Crippen LogP contribution in [-0.4, -0.2) is 25.4 Å². The molecule has 0 bridgehead atoms. The third-order valence-corrected chi connectivity index (χ3v) is 3.23. The quantitative estimate of drug-likeness (QED) is 0.666. The van der Waals surface area contributed by atoms with Gasteiger partial charge >= 0.3 is 0 Å². The minimum Gasteiger partial charge on any atom is -0.376 e. The number of allylic oxidation sites excluding steroid dienone is 1. The normalized spacial score (nSPS) is 34.7. The maximum Gasteiger partial charge on any atom is 0.0809 e. The Bertz CT molecular complexity index is 195. The van der Waals surface area contributed by atoms with Gasteiger partial charge in [-0.15, -0.1) is 0 Å². The van der Waals surface area contributed by atoms with Crippen LogP contribution < -0.4 is 0 Å². The molecule has 0 radical (unpaired) electrons. The van der Waals surface area contributed by atoms with Crippen LogP contribution >= 0.6 is 0 Å². The molecule has 2 unspecified atom stereocenters. The van der Waals surface area contributed by atoms with E-state index in [0.717, 1.165) is 13.2 Å². The SMILES string of the molecule is C1=C\C(OCC2CCCO2)CCCCC/1. The maximum atomic E-state index is 5.89. The summed E-state index contributed by atoms with van der Waals surface area (Å²) in [5, 5.41) is 0. The summed E-state index contributed by atoms with van der Waals surface area (Å²) in [5.74, 6) is 0. The van der Waals surface area contributed by atoms with Crippen molar-refractivity contribution in [3.8, 4) is 0 Å². The van der Waals surface area contributed by atoms with Gasteiger partial charge in [0, 0.05) is 6.61 Å². The molecule has 2 rings (SSSR count). The van der Waals surface area contributed by atoms with Gasteiger partial charge in [0.25, 0.3) is 0 Å². The molecular weight excluding hydrogens is 188 g/mol. The Labute approximate surface area is 92.6 Å². The number of hydrogen-bond donors (Lipinski definition) is 0. The summed E-state index contributed by atoms with van der Waals surface area (Å²) >= 11 is 0. The van der Waals surface area contributed by atoms with Gasteiger partial charge in [-0.1, -0.05) is 25.0 Å². The van der Waals surface area contributed by atoms with Crippen molar-refractivity contribution in [1.82, 2.24) is 0 Å². The van der Waals surface area contributed by atoms with Crippen LogP contribution in [0.2, 0.25) is 0 Å². The minimum absolute atomic E-state index is 0.342. The highest BCUT2D eigenvalue weighted by molar-refractivity contribution is 4.91. The van der Waals surface area contributed by atoms with Crippen molar-refractivity contribution < 1.29 is 9.47 Å². The van der Waals surface area contributed by atoms with Crippen molar-refractivity contribution in [3.05, 3.63) is 12.2 Å². The van der Waals surface area contributed by atoms with E-state index in [4.69, 9.17) is 9.47 Å². The van der Waals surface area contributed by atoms with E-state index in [1.54, 1.807) is 0 Å². The van der Waals surface area contributed by atoms with Gasteiger partial charge in [0.2, 0.25) is 0 Å². The van der Waals surface area contributed by atoms with E-state index in [2.05, 4.69) is 12.2 Å². The summed E-state index contributed by atoms with van der Waals surface area (Å²) in [6.45, 7) is 1.71. The Morgan fingerprint density at radius 3 is 3.00 bits per heavy atom. The van der Waals surface area contributed by atoms with Crippen LogP contribution in [0.15, 0.2) is 12.2 Å². The number of hydrogen-bond acceptors (Lipinski definition) is 2. The summed E-state index contributed by atoms with van der Waals surface area (Å²) in [4.78, 5) is 0. The van der Waals surface area contributed by atoms with Crippen LogP contribution in [-0.2, 0) is 9.47 Å². The highest BCUT2D eigenvalue weighted by Gasteiger charge is 2.17. The fourth-order valence-electron chi connectivity index (χ4n) is 2.27. The third kappa shape index (κ3) is 3.96. The van der Waals surface area contributed by atoms with Crippen molar-refractivity contribution in [2.75, 3.05) is 13.2 Å². The lowest BCUT2D eigenvalue weighted by atomic mass is 10.0. The summed E-state index contributed by atoms with van der Waals surface area (Å²) in [6.07, 6.45) is 14.0.